The van der Waals surface area contributed by atoms with Gasteiger partial charge in [-0.15, -0.1) is 0 Å². The molecule has 0 saturated carbocycles. The van der Waals surface area contributed by atoms with Gasteiger partial charge in [0, 0.05) is 12.7 Å². The van der Waals surface area contributed by atoms with E-state index in [1.807, 2.05) is 12.1 Å². The SMILES string of the molecule is COCCOCc1nc(-c2cc[c]cc2)no1. The molecule has 5 nitrogen and oxygen atoms in total. The van der Waals surface area contributed by atoms with Crippen molar-refractivity contribution >= 4 is 0 Å². The van der Waals surface area contributed by atoms with Crippen molar-refractivity contribution in [3.8, 4) is 11.4 Å². The number of aromatic nitrogens is 2. The minimum atomic E-state index is 0.301. The van der Waals surface area contributed by atoms with E-state index in [4.69, 9.17) is 14.0 Å². The first-order valence-electron chi connectivity index (χ1n) is 5.26. The van der Waals surface area contributed by atoms with Gasteiger partial charge < -0.3 is 14.0 Å². The standard InChI is InChI=1S/C12H13N2O3/c1-15-7-8-16-9-11-13-12(14-17-11)10-5-3-2-4-6-10/h3-6H,7-9H2,1H3. The molecule has 2 aromatic rings. The number of rotatable bonds is 6. The van der Waals surface area contributed by atoms with Gasteiger partial charge in [0.2, 0.25) is 5.82 Å². The molecule has 1 heterocycles. The Morgan fingerprint density at radius 2 is 2.12 bits per heavy atom. The molecule has 0 bridgehead atoms. The van der Waals surface area contributed by atoms with E-state index < -0.39 is 0 Å². The van der Waals surface area contributed by atoms with Gasteiger partial charge in [0.05, 0.1) is 13.2 Å². The minimum Gasteiger partial charge on any atom is -0.382 e. The lowest BCUT2D eigenvalue weighted by Gasteiger charge is -1.98. The van der Waals surface area contributed by atoms with Gasteiger partial charge in [-0.3, -0.25) is 0 Å². The fourth-order valence-corrected chi connectivity index (χ4v) is 1.27. The molecule has 0 aliphatic heterocycles. The summed E-state index contributed by atoms with van der Waals surface area (Å²) in [5.41, 5.74) is 0.899. The van der Waals surface area contributed by atoms with Gasteiger partial charge in [0.25, 0.3) is 5.89 Å². The van der Waals surface area contributed by atoms with Gasteiger partial charge in [-0.1, -0.05) is 29.4 Å². The summed E-state index contributed by atoms with van der Waals surface area (Å²) in [5.74, 6) is 1.02. The van der Waals surface area contributed by atoms with Gasteiger partial charge in [-0.25, -0.2) is 0 Å². The smallest absolute Gasteiger partial charge is 0.252 e. The first-order valence-corrected chi connectivity index (χ1v) is 5.26. The second kappa shape index (κ2) is 6.12. The third-order valence-electron chi connectivity index (χ3n) is 2.10. The molecule has 0 unspecified atom stereocenters. The summed E-state index contributed by atoms with van der Waals surface area (Å²) in [6.45, 7) is 1.36. The van der Waals surface area contributed by atoms with Crippen molar-refractivity contribution < 1.29 is 14.0 Å². The third kappa shape index (κ3) is 3.37. The molecule has 0 N–H and O–H groups in total. The van der Waals surface area contributed by atoms with Crippen molar-refractivity contribution in [3.05, 3.63) is 36.2 Å². The average molecular weight is 233 g/mol. The Kier molecular flexibility index (Phi) is 4.23. The Labute approximate surface area is 99.4 Å². The molecule has 0 aliphatic rings. The van der Waals surface area contributed by atoms with E-state index in [-0.39, 0.29) is 0 Å². The second-order valence-electron chi connectivity index (χ2n) is 3.35. The molecule has 1 aromatic heterocycles. The Morgan fingerprint density at radius 3 is 2.88 bits per heavy atom. The van der Waals surface area contributed by atoms with E-state index in [1.165, 1.54) is 0 Å². The van der Waals surface area contributed by atoms with Crippen LogP contribution in [0.25, 0.3) is 11.4 Å². The lowest BCUT2D eigenvalue weighted by molar-refractivity contribution is 0.0494. The summed E-state index contributed by atoms with van der Waals surface area (Å²) in [5, 5.41) is 3.87. The number of hydrogen-bond acceptors (Lipinski definition) is 5. The summed E-state index contributed by atoms with van der Waals surface area (Å²) in [7, 11) is 1.63. The Bertz CT molecular complexity index is 442. The number of ether oxygens (including phenoxy) is 2. The largest absolute Gasteiger partial charge is 0.382 e. The lowest BCUT2D eigenvalue weighted by Crippen LogP contribution is -2.01. The van der Waals surface area contributed by atoms with Gasteiger partial charge >= 0.3 is 0 Å². The van der Waals surface area contributed by atoms with Gasteiger partial charge in [0.1, 0.15) is 6.61 Å². The predicted molar refractivity (Wildman–Crippen MR) is 60.1 cm³/mol. The molecule has 0 aliphatic carbocycles. The quantitative estimate of drug-likeness (QED) is 0.711. The van der Waals surface area contributed by atoms with Crippen LogP contribution in [0.1, 0.15) is 5.89 Å². The van der Waals surface area contributed by atoms with Crippen LogP contribution < -0.4 is 0 Å². The highest BCUT2D eigenvalue weighted by atomic mass is 16.5. The maximum absolute atomic E-state index is 5.28. The maximum Gasteiger partial charge on any atom is 0.252 e. The van der Waals surface area contributed by atoms with E-state index in [1.54, 1.807) is 19.2 Å². The fourth-order valence-electron chi connectivity index (χ4n) is 1.27. The minimum absolute atomic E-state index is 0.301. The van der Waals surface area contributed by atoms with Crippen LogP contribution in [0.4, 0.5) is 0 Å². The molecule has 0 atom stereocenters. The average Bonchev–Trinajstić information content (AvgIpc) is 2.85. The monoisotopic (exact) mass is 233 g/mol. The summed E-state index contributed by atoms with van der Waals surface area (Å²) < 4.78 is 15.2. The van der Waals surface area contributed by atoms with Crippen molar-refractivity contribution in [2.75, 3.05) is 20.3 Å². The van der Waals surface area contributed by atoms with E-state index >= 15 is 0 Å². The normalized spacial score (nSPS) is 10.6. The maximum atomic E-state index is 5.28. The highest BCUT2D eigenvalue weighted by molar-refractivity contribution is 5.53. The molecule has 0 saturated heterocycles. The Morgan fingerprint density at radius 1 is 1.29 bits per heavy atom. The molecular weight excluding hydrogens is 220 g/mol. The van der Waals surface area contributed by atoms with Crippen LogP contribution in [0.2, 0.25) is 0 Å². The van der Waals surface area contributed by atoms with Crippen LogP contribution in [0, 0.1) is 6.07 Å². The van der Waals surface area contributed by atoms with E-state index in [2.05, 4.69) is 16.2 Å². The second-order valence-corrected chi connectivity index (χ2v) is 3.35. The van der Waals surface area contributed by atoms with E-state index in [0.29, 0.717) is 31.5 Å². The molecule has 0 spiro atoms. The number of methoxy groups -OCH3 is 1. The van der Waals surface area contributed by atoms with Crippen molar-refractivity contribution in [2.24, 2.45) is 0 Å². The summed E-state index contributed by atoms with van der Waals surface area (Å²) in [6.07, 6.45) is 0. The van der Waals surface area contributed by atoms with Crippen molar-refractivity contribution in [2.45, 2.75) is 6.61 Å². The van der Waals surface area contributed by atoms with E-state index in [0.717, 1.165) is 5.56 Å². The highest BCUT2D eigenvalue weighted by Gasteiger charge is 2.07. The first kappa shape index (κ1) is 11.8. The Hall–Kier alpha value is -1.72. The van der Waals surface area contributed by atoms with Crippen LogP contribution in [0.5, 0.6) is 0 Å². The fraction of sp³-hybridized carbons (Fsp3) is 0.333. The van der Waals surface area contributed by atoms with Crippen molar-refractivity contribution in [3.63, 3.8) is 0 Å². The predicted octanol–water partition coefficient (Wildman–Crippen LogP) is 1.70. The number of hydrogen-bond donors (Lipinski definition) is 0. The zero-order valence-electron chi connectivity index (χ0n) is 9.55. The Balaban J connectivity index is 1.92. The van der Waals surface area contributed by atoms with Crippen LogP contribution >= 0.6 is 0 Å². The molecule has 1 aromatic carbocycles. The molecule has 0 amide bonds. The molecule has 89 valence electrons. The molecular formula is C12H13N2O3. The van der Waals surface area contributed by atoms with E-state index in [9.17, 15) is 0 Å². The third-order valence-corrected chi connectivity index (χ3v) is 2.10. The summed E-state index contributed by atoms with van der Waals surface area (Å²) in [6, 6.07) is 10.3. The van der Waals surface area contributed by atoms with Crippen LogP contribution in [0.15, 0.2) is 28.8 Å². The molecule has 1 radical (unpaired) electrons. The number of benzene rings is 1. The zero-order valence-corrected chi connectivity index (χ0v) is 9.55. The van der Waals surface area contributed by atoms with Gasteiger partial charge in [0.15, 0.2) is 0 Å². The molecule has 17 heavy (non-hydrogen) atoms. The van der Waals surface area contributed by atoms with Crippen molar-refractivity contribution in [1.82, 2.24) is 10.1 Å². The topological polar surface area (TPSA) is 57.4 Å². The summed E-state index contributed by atoms with van der Waals surface area (Å²) in [4.78, 5) is 4.22. The summed E-state index contributed by atoms with van der Waals surface area (Å²) >= 11 is 0. The number of nitrogens with zero attached hydrogens (tertiary/aromatic N) is 2. The zero-order chi connectivity index (χ0) is 11.9. The van der Waals surface area contributed by atoms with Crippen LogP contribution in [-0.2, 0) is 16.1 Å². The van der Waals surface area contributed by atoms with Crippen LogP contribution in [0.3, 0.4) is 0 Å². The van der Waals surface area contributed by atoms with Gasteiger partial charge in [-0.2, -0.15) is 4.98 Å². The molecule has 5 heteroatoms. The highest BCUT2D eigenvalue weighted by Crippen LogP contribution is 2.14. The molecule has 2 rings (SSSR count). The lowest BCUT2D eigenvalue weighted by atomic mass is 10.2. The molecule has 0 fully saturated rings. The van der Waals surface area contributed by atoms with Crippen molar-refractivity contribution in [1.29, 1.82) is 0 Å². The first-order chi connectivity index (χ1) is 8.40. The van der Waals surface area contributed by atoms with Crippen LogP contribution in [-0.4, -0.2) is 30.5 Å². The van der Waals surface area contributed by atoms with Gasteiger partial charge in [-0.05, 0) is 6.07 Å².